The van der Waals surface area contributed by atoms with Gasteiger partial charge in [0.15, 0.2) is 0 Å². The average molecular weight is 572 g/mol. The van der Waals surface area contributed by atoms with E-state index in [1.807, 2.05) is 0 Å². The monoisotopic (exact) mass is 571 g/mol. The molecule has 1 amide bonds. The molecular formula is C29H22FN5O5S. The van der Waals surface area contributed by atoms with Crippen molar-refractivity contribution in [2.24, 2.45) is 0 Å². The number of pyridine rings is 2. The van der Waals surface area contributed by atoms with Gasteiger partial charge in [0, 0.05) is 54.6 Å². The summed E-state index contributed by atoms with van der Waals surface area (Å²) in [5.41, 5.74) is 3.59. The number of hydrogen-bond donors (Lipinski definition) is 1. The van der Waals surface area contributed by atoms with E-state index in [0.29, 0.717) is 44.9 Å². The second-order valence-corrected chi connectivity index (χ2v) is 11.3. The molecule has 4 aromatic heterocycles. The smallest absolute Gasteiger partial charge is 0.255 e. The standard InChI is InChI=1S/C29H22FN5O5S/c1-31-27(36)25-20-14-19(22-13-17(10-12-32-22)28-34-21-5-4-11-33-29(21)40-28)23(35(2)41(3,37)38)15-24(20)39-26(25)16-6-8-18(30)9-7-16/h4-15H,1-3H3,(H,31,36). The van der Waals surface area contributed by atoms with Crippen molar-refractivity contribution in [1.82, 2.24) is 20.3 Å². The molecule has 0 aliphatic carbocycles. The highest BCUT2D eigenvalue weighted by atomic mass is 32.2. The average Bonchev–Trinajstić information content (AvgIpc) is 3.57. The predicted molar refractivity (Wildman–Crippen MR) is 152 cm³/mol. The number of amides is 1. The van der Waals surface area contributed by atoms with E-state index in [2.05, 4.69) is 20.3 Å². The molecule has 10 nitrogen and oxygen atoms in total. The lowest BCUT2D eigenvalue weighted by Crippen LogP contribution is -2.25. The number of hydrogen-bond acceptors (Lipinski definition) is 8. The molecule has 0 atom stereocenters. The zero-order valence-electron chi connectivity index (χ0n) is 22.0. The van der Waals surface area contributed by atoms with Crippen molar-refractivity contribution in [2.45, 2.75) is 0 Å². The number of fused-ring (bicyclic) bond motifs is 2. The van der Waals surface area contributed by atoms with Crippen LogP contribution < -0.4 is 9.62 Å². The second kappa shape index (κ2) is 9.82. The van der Waals surface area contributed by atoms with Gasteiger partial charge in [-0.15, -0.1) is 0 Å². The first-order chi connectivity index (χ1) is 19.6. The van der Waals surface area contributed by atoms with Gasteiger partial charge in [0.2, 0.25) is 21.6 Å². The minimum Gasteiger partial charge on any atom is -0.455 e. The van der Waals surface area contributed by atoms with E-state index < -0.39 is 21.7 Å². The highest BCUT2D eigenvalue weighted by molar-refractivity contribution is 7.92. The first-order valence-corrected chi connectivity index (χ1v) is 14.2. The van der Waals surface area contributed by atoms with E-state index in [4.69, 9.17) is 8.83 Å². The van der Waals surface area contributed by atoms with E-state index in [1.165, 1.54) is 38.4 Å². The Balaban J connectivity index is 1.61. The summed E-state index contributed by atoms with van der Waals surface area (Å²) in [6, 6.07) is 15.7. The van der Waals surface area contributed by atoms with Gasteiger partial charge in [0.05, 0.1) is 23.2 Å². The Bertz CT molecular complexity index is 2040. The summed E-state index contributed by atoms with van der Waals surface area (Å²) in [6.45, 7) is 0. The van der Waals surface area contributed by atoms with Crippen LogP contribution in [0.3, 0.4) is 0 Å². The molecule has 6 rings (SSSR count). The van der Waals surface area contributed by atoms with Gasteiger partial charge >= 0.3 is 0 Å². The molecule has 6 aromatic rings. The fourth-order valence-corrected chi connectivity index (χ4v) is 5.04. The zero-order chi connectivity index (χ0) is 28.9. The van der Waals surface area contributed by atoms with E-state index >= 15 is 0 Å². The summed E-state index contributed by atoms with van der Waals surface area (Å²) < 4.78 is 52.0. The molecule has 12 heteroatoms. The SMILES string of the molecule is CNC(=O)c1c(-c2ccc(F)cc2)oc2cc(N(C)S(C)(=O)=O)c(-c3cc(-c4nc5cccnc5o4)ccn3)cc12. The molecule has 2 aromatic carbocycles. The number of carbonyl (C=O) groups excluding carboxylic acids is 1. The molecular weight excluding hydrogens is 549 g/mol. The Hall–Kier alpha value is -5.10. The van der Waals surface area contributed by atoms with Gasteiger partial charge in [-0.05, 0) is 54.6 Å². The van der Waals surface area contributed by atoms with Crippen molar-refractivity contribution in [2.75, 3.05) is 24.7 Å². The molecule has 0 bridgehead atoms. The third-order valence-electron chi connectivity index (χ3n) is 6.65. The normalized spacial score (nSPS) is 11.7. The van der Waals surface area contributed by atoms with Gasteiger partial charge in [-0.2, -0.15) is 0 Å². The fraction of sp³-hybridized carbons (Fsp3) is 0.103. The van der Waals surface area contributed by atoms with Crippen molar-refractivity contribution in [3.8, 4) is 34.0 Å². The molecule has 0 aliphatic rings. The van der Waals surface area contributed by atoms with Crippen LogP contribution in [-0.4, -0.2) is 49.6 Å². The van der Waals surface area contributed by atoms with Crippen LogP contribution in [-0.2, 0) is 10.0 Å². The number of rotatable bonds is 6. The lowest BCUT2D eigenvalue weighted by atomic mass is 10.00. The van der Waals surface area contributed by atoms with Crippen molar-refractivity contribution in [3.63, 3.8) is 0 Å². The summed E-state index contributed by atoms with van der Waals surface area (Å²) in [7, 11) is -0.807. The maximum Gasteiger partial charge on any atom is 0.255 e. The highest BCUT2D eigenvalue weighted by Crippen LogP contribution is 2.41. The van der Waals surface area contributed by atoms with Gasteiger partial charge in [-0.1, -0.05) is 0 Å². The molecule has 0 unspecified atom stereocenters. The maximum atomic E-state index is 13.6. The van der Waals surface area contributed by atoms with Crippen molar-refractivity contribution in [3.05, 3.63) is 84.4 Å². The van der Waals surface area contributed by atoms with Crippen LogP contribution in [0.2, 0.25) is 0 Å². The second-order valence-electron chi connectivity index (χ2n) is 9.26. The molecule has 0 radical (unpaired) electrons. The van der Waals surface area contributed by atoms with Crippen molar-refractivity contribution in [1.29, 1.82) is 0 Å². The number of anilines is 1. The van der Waals surface area contributed by atoms with E-state index in [1.54, 1.807) is 48.8 Å². The minimum absolute atomic E-state index is 0.213. The number of oxazole rings is 1. The van der Waals surface area contributed by atoms with Crippen LogP contribution in [0.1, 0.15) is 10.4 Å². The van der Waals surface area contributed by atoms with Crippen LogP contribution in [0.4, 0.5) is 10.1 Å². The number of furan rings is 1. The highest BCUT2D eigenvalue weighted by Gasteiger charge is 2.26. The first kappa shape index (κ1) is 26.1. The Morgan fingerprint density at radius 3 is 2.46 bits per heavy atom. The van der Waals surface area contributed by atoms with Gasteiger partial charge in [-0.3, -0.25) is 14.1 Å². The number of halogens is 1. The number of nitrogens with one attached hydrogen (secondary N) is 1. The number of aromatic nitrogens is 3. The van der Waals surface area contributed by atoms with Crippen molar-refractivity contribution >= 4 is 43.8 Å². The summed E-state index contributed by atoms with van der Waals surface area (Å²) in [4.78, 5) is 26.3. The maximum absolute atomic E-state index is 13.6. The number of benzene rings is 2. The van der Waals surface area contributed by atoms with Crippen molar-refractivity contribution < 1.29 is 26.4 Å². The largest absolute Gasteiger partial charge is 0.455 e. The summed E-state index contributed by atoms with van der Waals surface area (Å²) in [5, 5.41) is 3.04. The molecule has 0 saturated carbocycles. The van der Waals surface area contributed by atoms with Crippen LogP contribution >= 0.6 is 0 Å². The minimum atomic E-state index is -3.71. The molecule has 1 N–H and O–H groups in total. The van der Waals surface area contributed by atoms with E-state index in [0.717, 1.165) is 10.6 Å². The van der Waals surface area contributed by atoms with E-state index in [9.17, 15) is 17.6 Å². The Kier molecular flexibility index (Phi) is 6.26. The Morgan fingerprint density at radius 2 is 1.76 bits per heavy atom. The number of sulfonamides is 1. The Labute approximate surface area is 233 Å². The summed E-state index contributed by atoms with van der Waals surface area (Å²) in [5.74, 6) is -0.343. The first-order valence-electron chi connectivity index (χ1n) is 12.3. The molecule has 4 heterocycles. The summed E-state index contributed by atoms with van der Waals surface area (Å²) in [6.07, 6.45) is 4.24. The van der Waals surface area contributed by atoms with Crippen LogP contribution in [0.25, 0.3) is 56.2 Å². The van der Waals surface area contributed by atoms with Gasteiger partial charge in [0.25, 0.3) is 5.91 Å². The zero-order valence-corrected chi connectivity index (χ0v) is 22.9. The van der Waals surface area contributed by atoms with Crippen LogP contribution in [0, 0.1) is 5.82 Å². The molecule has 0 aliphatic heterocycles. The molecule has 0 spiro atoms. The topological polar surface area (TPSA) is 131 Å². The molecule has 0 fully saturated rings. The molecule has 206 valence electrons. The number of carbonyl (C=O) groups is 1. The number of nitrogens with zero attached hydrogens (tertiary/aromatic N) is 4. The van der Waals surface area contributed by atoms with Gasteiger partial charge in [-0.25, -0.2) is 22.8 Å². The molecule has 41 heavy (non-hydrogen) atoms. The van der Waals surface area contributed by atoms with Crippen LogP contribution in [0.5, 0.6) is 0 Å². The Morgan fingerprint density at radius 1 is 0.976 bits per heavy atom. The third kappa shape index (κ3) is 4.67. The lowest BCUT2D eigenvalue weighted by molar-refractivity contribution is 0.0964. The van der Waals surface area contributed by atoms with E-state index in [-0.39, 0.29) is 22.6 Å². The lowest BCUT2D eigenvalue weighted by Gasteiger charge is -2.20. The van der Waals surface area contributed by atoms with Gasteiger partial charge in [0.1, 0.15) is 22.7 Å². The molecule has 0 saturated heterocycles. The van der Waals surface area contributed by atoms with Crippen LogP contribution in [0.15, 0.2) is 81.9 Å². The predicted octanol–water partition coefficient (Wildman–Crippen LogP) is 5.26. The van der Waals surface area contributed by atoms with Gasteiger partial charge < -0.3 is 14.2 Å². The third-order valence-corrected chi connectivity index (χ3v) is 7.84. The summed E-state index contributed by atoms with van der Waals surface area (Å²) >= 11 is 0. The quantitative estimate of drug-likeness (QED) is 0.286. The fourth-order valence-electron chi connectivity index (χ4n) is 4.54.